The fourth-order valence-electron chi connectivity index (χ4n) is 4.11. The monoisotopic (exact) mass is 402 g/mol. The van der Waals surface area contributed by atoms with E-state index >= 15 is 0 Å². The normalized spacial score (nSPS) is 16.3. The zero-order chi connectivity index (χ0) is 20.9. The van der Waals surface area contributed by atoms with Crippen LogP contribution in [0.1, 0.15) is 28.8 Å². The number of fused-ring (bicyclic) bond motifs is 1. The number of rotatable bonds is 5. The second-order valence-electron chi connectivity index (χ2n) is 7.65. The second-order valence-corrected chi connectivity index (χ2v) is 7.65. The lowest BCUT2D eigenvalue weighted by atomic mass is 9.95. The van der Waals surface area contributed by atoms with E-state index in [1.165, 1.54) is 0 Å². The molecule has 5 heteroatoms. The Kier molecular flexibility index (Phi) is 5.98. The number of methoxy groups -OCH3 is 1. The van der Waals surface area contributed by atoms with Crippen LogP contribution in [0.25, 0.3) is 10.8 Å². The number of likely N-dealkylation sites (tertiary alicyclic amines) is 1. The molecule has 0 bridgehead atoms. The molecule has 0 aliphatic carbocycles. The average Bonchev–Trinajstić information content (AvgIpc) is 2.82. The van der Waals surface area contributed by atoms with Gasteiger partial charge in [-0.05, 0) is 35.9 Å². The highest BCUT2D eigenvalue weighted by atomic mass is 16.5. The number of carbonyl (C=O) groups is 2. The number of ether oxygens (including phenoxy) is 1. The number of piperidine rings is 1. The van der Waals surface area contributed by atoms with Gasteiger partial charge in [0.2, 0.25) is 5.91 Å². The van der Waals surface area contributed by atoms with E-state index in [0.29, 0.717) is 25.2 Å². The summed E-state index contributed by atoms with van der Waals surface area (Å²) in [7, 11) is 1.63. The topological polar surface area (TPSA) is 58.6 Å². The summed E-state index contributed by atoms with van der Waals surface area (Å²) in [6, 6.07) is 21.3. The molecule has 0 spiro atoms. The van der Waals surface area contributed by atoms with Crippen molar-refractivity contribution >= 4 is 22.6 Å². The predicted octanol–water partition coefficient (Wildman–Crippen LogP) is 4.02. The Morgan fingerprint density at radius 1 is 1.00 bits per heavy atom. The predicted molar refractivity (Wildman–Crippen MR) is 117 cm³/mol. The highest BCUT2D eigenvalue weighted by Gasteiger charge is 2.29. The van der Waals surface area contributed by atoms with Crippen molar-refractivity contribution in [2.75, 3.05) is 20.2 Å². The van der Waals surface area contributed by atoms with Crippen molar-refractivity contribution in [1.82, 2.24) is 10.2 Å². The number of amides is 2. The van der Waals surface area contributed by atoms with Crippen LogP contribution in [-0.2, 0) is 11.3 Å². The van der Waals surface area contributed by atoms with Gasteiger partial charge in [-0.15, -0.1) is 0 Å². The van der Waals surface area contributed by atoms with Crippen LogP contribution >= 0.6 is 0 Å². The number of hydrogen-bond donors (Lipinski definition) is 1. The Hall–Kier alpha value is -3.34. The van der Waals surface area contributed by atoms with Gasteiger partial charge in [-0.3, -0.25) is 9.59 Å². The molecule has 0 aromatic heterocycles. The summed E-state index contributed by atoms with van der Waals surface area (Å²) >= 11 is 0. The van der Waals surface area contributed by atoms with Crippen LogP contribution in [0.15, 0.2) is 66.7 Å². The largest absolute Gasteiger partial charge is 0.496 e. The minimum Gasteiger partial charge on any atom is -0.496 e. The third-order valence-electron chi connectivity index (χ3n) is 5.72. The van der Waals surface area contributed by atoms with E-state index in [4.69, 9.17) is 4.74 Å². The molecule has 1 heterocycles. The summed E-state index contributed by atoms with van der Waals surface area (Å²) < 4.78 is 5.44. The summed E-state index contributed by atoms with van der Waals surface area (Å²) in [6.07, 6.45) is 1.62. The van der Waals surface area contributed by atoms with E-state index < -0.39 is 0 Å². The van der Waals surface area contributed by atoms with Crippen molar-refractivity contribution in [2.45, 2.75) is 19.4 Å². The maximum atomic E-state index is 13.3. The summed E-state index contributed by atoms with van der Waals surface area (Å²) in [5.41, 5.74) is 1.72. The van der Waals surface area contributed by atoms with E-state index in [1.54, 1.807) is 7.11 Å². The molecule has 4 rings (SSSR count). The molecule has 1 aliphatic heterocycles. The molecule has 1 atom stereocenters. The SMILES string of the molecule is COc1ccc(C(=O)N2CCC[C@@H](C(=O)NCc3ccccc3)C2)c2ccccc12. The third-order valence-corrected chi connectivity index (χ3v) is 5.72. The van der Waals surface area contributed by atoms with Crippen molar-refractivity contribution in [3.63, 3.8) is 0 Å². The zero-order valence-corrected chi connectivity index (χ0v) is 17.1. The molecule has 1 fully saturated rings. The van der Waals surface area contributed by atoms with Crippen molar-refractivity contribution in [2.24, 2.45) is 5.92 Å². The fraction of sp³-hybridized carbons (Fsp3) is 0.280. The summed E-state index contributed by atoms with van der Waals surface area (Å²) in [5, 5.41) is 4.81. The van der Waals surface area contributed by atoms with Gasteiger partial charge in [0.1, 0.15) is 5.75 Å². The maximum absolute atomic E-state index is 13.3. The highest BCUT2D eigenvalue weighted by molar-refractivity contribution is 6.08. The number of nitrogens with one attached hydrogen (secondary N) is 1. The molecule has 154 valence electrons. The van der Waals surface area contributed by atoms with Crippen LogP contribution in [0, 0.1) is 5.92 Å². The molecule has 0 radical (unpaired) electrons. The molecule has 0 unspecified atom stereocenters. The molecule has 30 heavy (non-hydrogen) atoms. The first-order valence-electron chi connectivity index (χ1n) is 10.3. The number of benzene rings is 3. The van der Waals surface area contributed by atoms with Crippen LogP contribution in [-0.4, -0.2) is 36.9 Å². The van der Waals surface area contributed by atoms with E-state index in [0.717, 1.165) is 34.9 Å². The van der Waals surface area contributed by atoms with Gasteiger partial charge in [-0.2, -0.15) is 0 Å². The van der Waals surface area contributed by atoms with Crippen molar-refractivity contribution < 1.29 is 14.3 Å². The van der Waals surface area contributed by atoms with Gasteiger partial charge in [0, 0.05) is 30.6 Å². The minimum atomic E-state index is -0.184. The van der Waals surface area contributed by atoms with Gasteiger partial charge in [-0.1, -0.05) is 54.6 Å². The van der Waals surface area contributed by atoms with Gasteiger partial charge < -0.3 is 15.0 Å². The quantitative estimate of drug-likeness (QED) is 0.701. The van der Waals surface area contributed by atoms with E-state index in [-0.39, 0.29) is 17.7 Å². The molecule has 1 saturated heterocycles. The van der Waals surface area contributed by atoms with Crippen LogP contribution in [0.4, 0.5) is 0 Å². The third kappa shape index (κ3) is 4.15. The fourth-order valence-corrected chi connectivity index (χ4v) is 4.11. The highest BCUT2D eigenvalue weighted by Crippen LogP contribution is 2.30. The number of hydrogen-bond acceptors (Lipinski definition) is 3. The first-order valence-corrected chi connectivity index (χ1v) is 10.3. The molecule has 1 N–H and O–H groups in total. The summed E-state index contributed by atoms with van der Waals surface area (Å²) in [4.78, 5) is 27.8. The molecule has 1 aliphatic rings. The van der Waals surface area contributed by atoms with Gasteiger partial charge in [0.25, 0.3) is 5.91 Å². The Bertz CT molecular complexity index is 1050. The lowest BCUT2D eigenvalue weighted by Gasteiger charge is -2.32. The van der Waals surface area contributed by atoms with E-state index in [2.05, 4.69) is 5.32 Å². The van der Waals surface area contributed by atoms with Crippen LogP contribution in [0.5, 0.6) is 5.75 Å². The van der Waals surface area contributed by atoms with Crippen LogP contribution in [0.2, 0.25) is 0 Å². The summed E-state index contributed by atoms with van der Waals surface area (Å²) in [6.45, 7) is 1.62. The van der Waals surface area contributed by atoms with Crippen molar-refractivity contribution in [1.29, 1.82) is 0 Å². The standard InChI is InChI=1S/C25H26N2O3/c1-30-23-14-13-22(20-11-5-6-12-21(20)23)25(29)27-15-7-10-19(17-27)24(28)26-16-18-8-3-2-4-9-18/h2-6,8-9,11-14,19H,7,10,15-17H2,1H3,(H,26,28)/t19-/m1/s1. The molecule has 2 amide bonds. The molecular formula is C25H26N2O3. The molecule has 3 aromatic carbocycles. The Labute approximate surface area is 176 Å². The molecule has 5 nitrogen and oxygen atoms in total. The first kappa shape index (κ1) is 20.0. The Balaban J connectivity index is 1.47. The lowest BCUT2D eigenvalue weighted by molar-refractivity contribution is -0.126. The molecular weight excluding hydrogens is 376 g/mol. The molecule has 0 saturated carbocycles. The van der Waals surface area contributed by atoms with Crippen LogP contribution in [0.3, 0.4) is 0 Å². The number of carbonyl (C=O) groups excluding carboxylic acids is 2. The maximum Gasteiger partial charge on any atom is 0.254 e. The van der Waals surface area contributed by atoms with Gasteiger partial charge in [0.15, 0.2) is 0 Å². The van der Waals surface area contributed by atoms with Crippen molar-refractivity contribution in [3.8, 4) is 5.75 Å². The lowest BCUT2D eigenvalue weighted by Crippen LogP contribution is -2.45. The van der Waals surface area contributed by atoms with E-state index in [1.807, 2.05) is 71.6 Å². The first-order chi connectivity index (χ1) is 14.7. The molecule has 3 aromatic rings. The smallest absolute Gasteiger partial charge is 0.254 e. The summed E-state index contributed by atoms with van der Waals surface area (Å²) in [5.74, 6) is 0.542. The number of nitrogens with zero attached hydrogens (tertiary/aromatic N) is 1. The minimum absolute atomic E-state index is 0.0101. The second kappa shape index (κ2) is 8.99. The Morgan fingerprint density at radius 2 is 1.73 bits per heavy atom. The average molecular weight is 402 g/mol. The van der Waals surface area contributed by atoms with Crippen LogP contribution < -0.4 is 10.1 Å². The van der Waals surface area contributed by atoms with E-state index in [9.17, 15) is 9.59 Å². The zero-order valence-electron chi connectivity index (χ0n) is 17.1. The van der Waals surface area contributed by atoms with Gasteiger partial charge in [0.05, 0.1) is 13.0 Å². The van der Waals surface area contributed by atoms with Gasteiger partial charge >= 0.3 is 0 Å². The van der Waals surface area contributed by atoms with Gasteiger partial charge in [-0.25, -0.2) is 0 Å². The Morgan fingerprint density at radius 3 is 2.50 bits per heavy atom. The van der Waals surface area contributed by atoms with Crippen molar-refractivity contribution in [3.05, 3.63) is 77.9 Å².